The van der Waals surface area contributed by atoms with Crippen molar-refractivity contribution in [2.45, 2.75) is 43.1 Å². The Labute approximate surface area is 172 Å². The number of rotatable bonds is 10. The number of carbonyl (C=O) groups excluding carboxylic acids is 1. The molecule has 7 heteroatoms. The maximum Gasteiger partial charge on any atom is 0.264 e. The van der Waals surface area contributed by atoms with Gasteiger partial charge in [0.1, 0.15) is 6.54 Å². The highest BCUT2D eigenvalue weighted by Gasteiger charge is 2.26. The van der Waals surface area contributed by atoms with Gasteiger partial charge in [-0.25, -0.2) is 8.42 Å². The summed E-state index contributed by atoms with van der Waals surface area (Å²) in [5.41, 5.74) is 0.455. The fraction of sp³-hybridized carbons (Fsp3) is 0.409. The van der Waals surface area contributed by atoms with E-state index in [-0.39, 0.29) is 17.3 Å². The number of anilines is 1. The zero-order valence-corrected chi connectivity index (χ0v) is 17.3. The molecule has 1 fully saturated rings. The molecule has 3 rings (SSSR count). The zero-order chi connectivity index (χ0) is 20.5. The first kappa shape index (κ1) is 21.3. The third-order valence-corrected chi connectivity index (χ3v) is 6.75. The fourth-order valence-electron chi connectivity index (χ4n) is 3.42. The van der Waals surface area contributed by atoms with Crippen LogP contribution in [0.4, 0.5) is 5.69 Å². The Morgan fingerprint density at radius 3 is 2.28 bits per heavy atom. The van der Waals surface area contributed by atoms with Crippen molar-refractivity contribution in [1.82, 2.24) is 5.32 Å². The van der Waals surface area contributed by atoms with E-state index in [1.54, 1.807) is 48.5 Å². The van der Waals surface area contributed by atoms with Gasteiger partial charge in [0, 0.05) is 13.2 Å². The first-order valence-electron chi connectivity index (χ1n) is 10.1. The van der Waals surface area contributed by atoms with E-state index < -0.39 is 10.0 Å². The number of hydrogen-bond acceptors (Lipinski definition) is 4. The van der Waals surface area contributed by atoms with Crippen molar-refractivity contribution in [1.29, 1.82) is 0 Å². The van der Waals surface area contributed by atoms with Gasteiger partial charge in [0.2, 0.25) is 5.91 Å². The van der Waals surface area contributed by atoms with Gasteiger partial charge in [0.05, 0.1) is 16.7 Å². The highest BCUT2D eigenvalue weighted by atomic mass is 32.2. The average Bonchev–Trinajstić information content (AvgIpc) is 3.26. The van der Waals surface area contributed by atoms with Crippen LogP contribution in [0, 0.1) is 0 Å². The Morgan fingerprint density at radius 2 is 1.62 bits per heavy atom. The van der Waals surface area contributed by atoms with Crippen LogP contribution in [0.25, 0.3) is 0 Å². The van der Waals surface area contributed by atoms with Crippen molar-refractivity contribution in [3.63, 3.8) is 0 Å². The molecule has 156 valence electrons. The number of para-hydroxylation sites is 1. The van der Waals surface area contributed by atoms with Crippen LogP contribution in [0.5, 0.6) is 0 Å². The summed E-state index contributed by atoms with van der Waals surface area (Å²) in [6.45, 7) is 0.792. The van der Waals surface area contributed by atoms with Crippen molar-refractivity contribution in [2.75, 3.05) is 24.0 Å². The smallest absolute Gasteiger partial charge is 0.264 e. The van der Waals surface area contributed by atoms with Crippen molar-refractivity contribution in [3.8, 4) is 0 Å². The molecule has 29 heavy (non-hydrogen) atoms. The van der Waals surface area contributed by atoms with Gasteiger partial charge in [-0.3, -0.25) is 9.10 Å². The van der Waals surface area contributed by atoms with Crippen LogP contribution < -0.4 is 9.62 Å². The predicted octanol–water partition coefficient (Wildman–Crippen LogP) is 3.35. The summed E-state index contributed by atoms with van der Waals surface area (Å²) in [6, 6.07) is 16.8. The fourth-order valence-corrected chi connectivity index (χ4v) is 4.86. The molecule has 0 aromatic heterocycles. The number of carbonyl (C=O) groups is 1. The summed E-state index contributed by atoms with van der Waals surface area (Å²) in [6.07, 6.45) is 5.76. The summed E-state index contributed by atoms with van der Waals surface area (Å²) >= 11 is 0. The Morgan fingerprint density at radius 1 is 1.00 bits per heavy atom. The maximum atomic E-state index is 13.1. The standard InChI is InChI=1S/C22H28N2O4S/c25-22(23-16-9-17-28-20-12-7-8-13-20)18-24(19-10-3-1-4-11-19)29(26,27)21-14-5-2-6-15-21/h1-6,10-11,14-15,20H,7-9,12-13,16-18H2,(H,23,25). The summed E-state index contributed by atoms with van der Waals surface area (Å²) in [4.78, 5) is 12.6. The van der Waals surface area contributed by atoms with E-state index >= 15 is 0 Å². The molecule has 0 radical (unpaired) electrons. The lowest BCUT2D eigenvalue weighted by molar-refractivity contribution is -0.119. The summed E-state index contributed by atoms with van der Waals surface area (Å²) in [5.74, 6) is -0.339. The van der Waals surface area contributed by atoms with E-state index in [1.165, 1.54) is 25.0 Å². The number of nitrogens with zero attached hydrogens (tertiary/aromatic N) is 1. The minimum Gasteiger partial charge on any atom is -0.378 e. The van der Waals surface area contributed by atoms with Gasteiger partial charge in [0.15, 0.2) is 0 Å². The summed E-state index contributed by atoms with van der Waals surface area (Å²) < 4.78 is 33.2. The van der Waals surface area contributed by atoms with Crippen LogP contribution >= 0.6 is 0 Å². The van der Waals surface area contributed by atoms with Crippen LogP contribution in [0.2, 0.25) is 0 Å². The van der Waals surface area contributed by atoms with Crippen LogP contribution in [0.15, 0.2) is 65.6 Å². The second-order valence-corrected chi connectivity index (χ2v) is 9.00. The zero-order valence-electron chi connectivity index (χ0n) is 16.5. The molecule has 6 nitrogen and oxygen atoms in total. The number of ether oxygens (including phenoxy) is 1. The van der Waals surface area contributed by atoms with Gasteiger partial charge in [-0.2, -0.15) is 0 Å². The third kappa shape index (κ3) is 6.05. The molecule has 0 saturated heterocycles. The normalized spacial score (nSPS) is 14.6. The van der Waals surface area contributed by atoms with E-state index in [1.807, 2.05) is 0 Å². The minimum atomic E-state index is -3.85. The van der Waals surface area contributed by atoms with E-state index in [0.717, 1.165) is 17.1 Å². The van der Waals surface area contributed by atoms with Crippen LogP contribution in [-0.4, -0.2) is 40.1 Å². The lowest BCUT2D eigenvalue weighted by Gasteiger charge is -2.24. The lowest BCUT2D eigenvalue weighted by atomic mass is 10.3. The van der Waals surface area contributed by atoms with Gasteiger partial charge in [-0.15, -0.1) is 0 Å². The summed E-state index contributed by atoms with van der Waals surface area (Å²) in [7, 11) is -3.85. The van der Waals surface area contributed by atoms with E-state index in [4.69, 9.17) is 4.74 Å². The van der Waals surface area contributed by atoms with Gasteiger partial charge >= 0.3 is 0 Å². The number of hydrogen-bond donors (Lipinski definition) is 1. The van der Waals surface area contributed by atoms with Crippen molar-refractivity contribution in [3.05, 3.63) is 60.7 Å². The molecule has 0 aliphatic heterocycles. The van der Waals surface area contributed by atoms with Crippen molar-refractivity contribution in [2.24, 2.45) is 0 Å². The molecule has 0 bridgehead atoms. The first-order valence-corrected chi connectivity index (χ1v) is 11.5. The number of nitrogens with one attached hydrogen (secondary N) is 1. The molecule has 1 saturated carbocycles. The predicted molar refractivity (Wildman–Crippen MR) is 113 cm³/mol. The SMILES string of the molecule is O=C(CN(c1ccccc1)S(=O)(=O)c1ccccc1)NCCCOC1CCCC1. The van der Waals surface area contributed by atoms with Gasteiger partial charge in [0.25, 0.3) is 10.0 Å². The lowest BCUT2D eigenvalue weighted by Crippen LogP contribution is -2.41. The Bertz CT molecular complexity index is 866. The maximum absolute atomic E-state index is 13.1. The molecule has 1 aliphatic carbocycles. The first-order chi connectivity index (χ1) is 14.1. The Kier molecular flexibility index (Phi) is 7.66. The Balaban J connectivity index is 1.59. The minimum absolute atomic E-state index is 0.154. The Hall–Kier alpha value is -2.38. The third-order valence-electron chi connectivity index (χ3n) is 4.96. The molecule has 0 heterocycles. The average molecular weight is 417 g/mol. The number of sulfonamides is 1. The topological polar surface area (TPSA) is 75.7 Å². The van der Waals surface area contributed by atoms with Crippen molar-refractivity contribution < 1.29 is 17.9 Å². The van der Waals surface area contributed by atoms with E-state index in [2.05, 4.69) is 5.32 Å². The van der Waals surface area contributed by atoms with Gasteiger partial charge in [-0.05, 0) is 43.5 Å². The number of benzene rings is 2. The monoisotopic (exact) mass is 416 g/mol. The van der Waals surface area contributed by atoms with Gasteiger partial charge < -0.3 is 10.1 Å². The quantitative estimate of drug-likeness (QED) is 0.603. The molecule has 2 aromatic carbocycles. The molecule has 1 N–H and O–H groups in total. The van der Waals surface area contributed by atoms with E-state index in [9.17, 15) is 13.2 Å². The molecular weight excluding hydrogens is 388 g/mol. The molecule has 0 spiro atoms. The second-order valence-electron chi connectivity index (χ2n) is 7.14. The second kappa shape index (κ2) is 10.4. The highest BCUT2D eigenvalue weighted by molar-refractivity contribution is 7.92. The van der Waals surface area contributed by atoms with Crippen LogP contribution in [0.1, 0.15) is 32.1 Å². The van der Waals surface area contributed by atoms with E-state index in [0.29, 0.717) is 31.4 Å². The molecule has 1 amide bonds. The largest absolute Gasteiger partial charge is 0.378 e. The highest BCUT2D eigenvalue weighted by Crippen LogP contribution is 2.23. The molecule has 0 atom stereocenters. The molecular formula is C22H28N2O4S. The summed E-state index contributed by atoms with van der Waals surface area (Å²) in [5, 5.41) is 2.81. The van der Waals surface area contributed by atoms with Crippen LogP contribution in [0.3, 0.4) is 0 Å². The van der Waals surface area contributed by atoms with Crippen LogP contribution in [-0.2, 0) is 19.6 Å². The molecule has 1 aliphatic rings. The molecule has 0 unspecified atom stereocenters. The van der Waals surface area contributed by atoms with Crippen molar-refractivity contribution >= 4 is 21.6 Å². The number of amides is 1. The molecule has 2 aromatic rings. The van der Waals surface area contributed by atoms with Gasteiger partial charge in [-0.1, -0.05) is 49.2 Å².